The Morgan fingerprint density at radius 1 is 1.08 bits per heavy atom. The van der Waals surface area contributed by atoms with Crippen LogP contribution in [0.4, 0.5) is 13.2 Å². The molecular formula is C19H24F3NO3. The van der Waals surface area contributed by atoms with Gasteiger partial charge in [-0.1, -0.05) is 26.0 Å². The molecular weight excluding hydrogens is 347 g/mol. The van der Waals surface area contributed by atoms with E-state index < -0.39 is 23.1 Å². The molecule has 7 heteroatoms. The average molecular weight is 371 g/mol. The Morgan fingerprint density at radius 3 is 2.08 bits per heavy atom. The van der Waals surface area contributed by atoms with Crippen LogP contribution in [0.15, 0.2) is 24.3 Å². The minimum atomic E-state index is -4.37. The van der Waals surface area contributed by atoms with Crippen LogP contribution in [0, 0.1) is 11.3 Å². The van der Waals surface area contributed by atoms with Crippen molar-refractivity contribution < 1.29 is 27.9 Å². The summed E-state index contributed by atoms with van der Waals surface area (Å²) in [6.07, 6.45) is -1.72. The molecule has 0 aromatic heterocycles. The topological polar surface area (TPSA) is 66.4 Å². The van der Waals surface area contributed by atoms with Crippen LogP contribution in [0.25, 0.3) is 0 Å². The first-order chi connectivity index (χ1) is 12.0. The van der Waals surface area contributed by atoms with Gasteiger partial charge in [0.1, 0.15) is 0 Å². The minimum Gasteiger partial charge on any atom is -0.481 e. The third-order valence-corrected chi connectivity index (χ3v) is 4.95. The molecule has 144 valence electrons. The van der Waals surface area contributed by atoms with Crippen LogP contribution in [0.3, 0.4) is 0 Å². The van der Waals surface area contributed by atoms with Gasteiger partial charge in [-0.05, 0) is 49.8 Å². The van der Waals surface area contributed by atoms with Crippen molar-refractivity contribution in [2.24, 2.45) is 11.3 Å². The standard InChI is InChI=1S/C19H24F3NO3/c1-18(2,11-12-3-7-14(8-4-12)19(20,21)22)17(26)23-15-9-5-13(6-10-15)16(24)25/h3-4,7-8,13,15H,5-6,9-11H2,1-2H3,(H,23,26)(H,24,25). The lowest BCUT2D eigenvalue weighted by atomic mass is 9.82. The Bertz CT molecular complexity index is 645. The van der Waals surface area contributed by atoms with Gasteiger partial charge in [-0.2, -0.15) is 13.2 Å². The molecule has 0 atom stereocenters. The van der Waals surface area contributed by atoms with Crippen molar-refractivity contribution in [2.75, 3.05) is 0 Å². The van der Waals surface area contributed by atoms with E-state index >= 15 is 0 Å². The number of carboxylic acids is 1. The van der Waals surface area contributed by atoms with Crippen molar-refractivity contribution in [3.05, 3.63) is 35.4 Å². The molecule has 2 rings (SSSR count). The molecule has 0 aliphatic heterocycles. The van der Waals surface area contributed by atoms with Crippen molar-refractivity contribution in [1.82, 2.24) is 5.32 Å². The molecule has 1 aliphatic rings. The number of aliphatic carboxylic acids is 1. The zero-order valence-electron chi connectivity index (χ0n) is 14.9. The van der Waals surface area contributed by atoms with Crippen LogP contribution in [-0.2, 0) is 22.2 Å². The van der Waals surface area contributed by atoms with Gasteiger partial charge in [-0.3, -0.25) is 9.59 Å². The monoisotopic (exact) mass is 371 g/mol. The third kappa shape index (κ3) is 5.22. The molecule has 1 saturated carbocycles. The maximum Gasteiger partial charge on any atom is 0.416 e. The minimum absolute atomic E-state index is 0.0509. The van der Waals surface area contributed by atoms with E-state index in [1.807, 2.05) is 0 Å². The first-order valence-corrected chi connectivity index (χ1v) is 8.69. The molecule has 0 spiro atoms. The number of carboxylic acid groups (broad SMARTS) is 1. The molecule has 0 radical (unpaired) electrons. The summed E-state index contributed by atoms with van der Waals surface area (Å²) in [5.41, 5.74) is -0.824. The van der Waals surface area contributed by atoms with Crippen LogP contribution in [0.2, 0.25) is 0 Å². The van der Waals surface area contributed by atoms with Gasteiger partial charge in [0.05, 0.1) is 11.5 Å². The predicted molar refractivity (Wildman–Crippen MR) is 90.5 cm³/mol. The zero-order valence-corrected chi connectivity index (χ0v) is 14.9. The largest absolute Gasteiger partial charge is 0.481 e. The van der Waals surface area contributed by atoms with Gasteiger partial charge in [-0.15, -0.1) is 0 Å². The number of alkyl halides is 3. The van der Waals surface area contributed by atoms with E-state index in [0.717, 1.165) is 12.1 Å². The molecule has 1 aliphatic carbocycles. The second kappa shape index (κ2) is 7.68. The van der Waals surface area contributed by atoms with Crippen LogP contribution >= 0.6 is 0 Å². The summed E-state index contributed by atoms with van der Waals surface area (Å²) in [6.45, 7) is 3.51. The Labute approximate surface area is 150 Å². The fourth-order valence-electron chi connectivity index (χ4n) is 3.27. The highest BCUT2D eigenvalue weighted by Crippen LogP contribution is 2.31. The van der Waals surface area contributed by atoms with Gasteiger partial charge in [0, 0.05) is 11.5 Å². The second-order valence-electron chi connectivity index (χ2n) is 7.62. The SMILES string of the molecule is CC(C)(Cc1ccc(C(F)(F)F)cc1)C(=O)NC1CCC(C(=O)O)CC1. The van der Waals surface area contributed by atoms with Crippen molar-refractivity contribution in [3.63, 3.8) is 0 Å². The number of carbonyl (C=O) groups excluding carboxylic acids is 1. The summed E-state index contributed by atoms with van der Waals surface area (Å²) in [4.78, 5) is 23.5. The van der Waals surface area contributed by atoms with Gasteiger partial charge in [0.25, 0.3) is 0 Å². The Morgan fingerprint density at radius 2 is 1.62 bits per heavy atom. The number of carbonyl (C=O) groups is 2. The number of benzene rings is 1. The van der Waals surface area contributed by atoms with Crippen LogP contribution < -0.4 is 5.32 Å². The van der Waals surface area contributed by atoms with E-state index in [1.165, 1.54) is 12.1 Å². The summed E-state index contributed by atoms with van der Waals surface area (Å²) < 4.78 is 37.9. The molecule has 1 aromatic carbocycles. The Kier molecular flexibility index (Phi) is 5.98. The van der Waals surface area contributed by atoms with Gasteiger partial charge in [-0.25, -0.2) is 0 Å². The molecule has 2 N–H and O–H groups in total. The first-order valence-electron chi connectivity index (χ1n) is 8.69. The van der Waals surface area contributed by atoms with Crippen LogP contribution in [-0.4, -0.2) is 23.0 Å². The highest BCUT2D eigenvalue weighted by Gasteiger charge is 2.33. The second-order valence-corrected chi connectivity index (χ2v) is 7.62. The highest BCUT2D eigenvalue weighted by molar-refractivity contribution is 5.82. The van der Waals surface area contributed by atoms with Crippen LogP contribution in [0.1, 0.15) is 50.7 Å². The van der Waals surface area contributed by atoms with E-state index in [-0.39, 0.29) is 17.9 Å². The van der Waals surface area contributed by atoms with Crippen molar-refractivity contribution in [1.29, 1.82) is 0 Å². The lowest BCUT2D eigenvalue weighted by molar-refractivity contribution is -0.143. The van der Waals surface area contributed by atoms with E-state index in [1.54, 1.807) is 13.8 Å². The van der Waals surface area contributed by atoms with Gasteiger partial charge < -0.3 is 10.4 Å². The first kappa shape index (κ1) is 20.3. The lowest BCUT2D eigenvalue weighted by Crippen LogP contribution is -2.45. The van der Waals surface area contributed by atoms with Gasteiger partial charge in [0.2, 0.25) is 5.91 Å². The molecule has 1 amide bonds. The zero-order chi connectivity index (χ0) is 19.5. The number of amides is 1. The summed E-state index contributed by atoms with van der Waals surface area (Å²) in [5.74, 6) is -1.31. The summed E-state index contributed by atoms with van der Waals surface area (Å²) >= 11 is 0. The number of rotatable bonds is 5. The summed E-state index contributed by atoms with van der Waals surface area (Å²) in [5, 5.41) is 12.0. The molecule has 4 nitrogen and oxygen atoms in total. The van der Waals surface area contributed by atoms with E-state index in [9.17, 15) is 22.8 Å². The fourth-order valence-corrected chi connectivity index (χ4v) is 3.27. The molecule has 1 aromatic rings. The highest BCUT2D eigenvalue weighted by atomic mass is 19.4. The molecule has 0 unspecified atom stereocenters. The van der Waals surface area contributed by atoms with Crippen LogP contribution in [0.5, 0.6) is 0 Å². The number of hydrogen-bond acceptors (Lipinski definition) is 2. The number of halogens is 3. The summed E-state index contributed by atoms with van der Waals surface area (Å²) in [7, 11) is 0. The molecule has 1 fully saturated rings. The Balaban J connectivity index is 1.92. The lowest BCUT2D eigenvalue weighted by Gasteiger charge is -2.31. The van der Waals surface area contributed by atoms with E-state index in [2.05, 4.69) is 5.32 Å². The molecule has 0 bridgehead atoms. The number of nitrogens with one attached hydrogen (secondary N) is 1. The molecule has 0 heterocycles. The third-order valence-electron chi connectivity index (χ3n) is 4.95. The normalized spacial score (nSPS) is 21.3. The van der Waals surface area contributed by atoms with E-state index in [4.69, 9.17) is 5.11 Å². The maximum atomic E-state index is 12.6. The van der Waals surface area contributed by atoms with Crippen molar-refractivity contribution in [3.8, 4) is 0 Å². The van der Waals surface area contributed by atoms with Crippen molar-refractivity contribution in [2.45, 2.75) is 58.2 Å². The van der Waals surface area contributed by atoms with Gasteiger partial charge in [0.15, 0.2) is 0 Å². The number of hydrogen-bond donors (Lipinski definition) is 2. The van der Waals surface area contributed by atoms with E-state index in [0.29, 0.717) is 37.7 Å². The average Bonchev–Trinajstić information content (AvgIpc) is 2.54. The fraction of sp³-hybridized carbons (Fsp3) is 0.579. The Hall–Kier alpha value is -2.05. The predicted octanol–water partition coefficient (Wildman–Crippen LogP) is 4.03. The molecule has 26 heavy (non-hydrogen) atoms. The smallest absolute Gasteiger partial charge is 0.416 e. The molecule has 0 saturated heterocycles. The summed E-state index contributed by atoms with van der Waals surface area (Å²) in [6, 6.07) is 4.80. The van der Waals surface area contributed by atoms with Gasteiger partial charge >= 0.3 is 12.1 Å². The quantitative estimate of drug-likeness (QED) is 0.821. The maximum absolute atomic E-state index is 12.6. The van der Waals surface area contributed by atoms with Crippen molar-refractivity contribution >= 4 is 11.9 Å².